The fourth-order valence-electron chi connectivity index (χ4n) is 2.67. The number of aliphatic carboxylic acids is 1. The minimum absolute atomic E-state index is 0.140. The molecule has 0 atom stereocenters. The van der Waals surface area contributed by atoms with Crippen LogP contribution in [-0.2, 0) is 17.8 Å². The molecule has 26 heavy (non-hydrogen) atoms. The van der Waals surface area contributed by atoms with Gasteiger partial charge in [-0.25, -0.2) is 0 Å². The molecule has 0 aliphatic heterocycles. The van der Waals surface area contributed by atoms with Crippen LogP contribution in [0.15, 0.2) is 60.7 Å². The summed E-state index contributed by atoms with van der Waals surface area (Å²) in [5.74, 6) is 0.0564. The maximum absolute atomic E-state index is 10.6. The highest BCUT2D eigenvalue weighted by atomic mass is 32.1. The molecular formula is C21H20O4S. The Balaban J connectivity index is 1.67. The van der Waals surface area contributed by atoms with Gasteiger partial charge in [-0.05, 0) is 41.8 Å². The average Bonchev–Trinajstić information content (AvgIpc) is 3.13. The fraction of sp³-hybridized carbons (Fsp3) is 0.190. The van der Waals surface area contributed by atoms with Gasteiger partial charge in [0, 0.05) is 10.4 Å². The van der Waals surface area contributed by atoms with Gasteiger partial charge in [-0.2, -0.15) is 0 Å². The monoisotopic (exact) mass is 368 g/mol. The molecule has 0 radical (unpaired) electrons. The third-order valence-corrected chi connectivity index (χ3v) is 5.01. The molecule has 0 aliphatic carbocycles. The number of methoxy groups -OCH3 is 1. The van der Waals surface area contributed by atoms with Crippen LogP contribution >= 0.6 is 11.3 Å². The van der Waals surface area contributed by atoms with Gasteiger partial charge >= 0.3 is 5.97 Å². The van der Waals surface area contributed by atoms with Crippen molar-refractivity contribution in [2.75, 3.05) is 7.11 Å². The molecular weight excluding hydrogens is 348 g/mol. The van der Waals surface area contributed by atoms with Crippen molar-refractivity contribution >= 4 is 17.3 Å². The van der Waals surface area contributed by atoms with E-state index in [4.69, 9.17) is 14.6 Å². The molecule has 3 aromatic rings. The Morgan fingerprint density at radius 3 is 2.73 bits per heavy atom. The molecule has 1 aromatic heterocycles. The lowest BCUT2D eigenvalue weighted by atomic mass is 10.0. The molecule has 0 bridgehead atoms. The number of aryl methyl sites for hydroxylation is 1. The molecule has 2 aromatic carbocycles. The molecule has 0 unspecified atom stereocenters. The van der Waals surface area contributed by atoms with E-state index in [-0.39, 0.29) is 6.42 Å². The molecule has 1 heterocycles. The number of thiophene rings is 1. The molecule has 0 fully saturated rings. The summed E-state index contributed by atoms with van der Waals surface area (Å²) in [5.41, 5.74) is 3.19. The van der Waals surface area contributed by atoms with Crippen molar-refractivity contribution in [2.45, 2.75) is 19.4 Å². The molecule has 1 N–H and O–H groups in total. The van der Waals surface area contributed by atoms with Crippen LogP contribution in [0.5, 0.6) is 10.8 Å². The second-order valence-electron chi connectivity index (χ2n) is 5.80. The van der Waals surface area contributed by atoms with Crippen LogP contribution in [-0.4, -0.2) is 18.2 Å². The zero-order chi connectivity index (χ0) is 18.4. The van der Waals surface area contributed by atoms with Gasteiger partial charge in [0.2, 0.25) is 0 Å². The van der Waals surface area contributed by atoms with E-state index in [1.165, 1.54) is 11.3 Å². The number of hydrogen-bond donors (Lipinski definition) is 1. The molecule has 0 saturated heterocycles. The van der Waals surface area contributed by atoms with E-state index in [0.29, 0.717) is 13.0 Å². The molecule has 4 nitrogen and oxygen atoms in total. The van der Waals surface area contributed by atoms with Gasteiger partial charge in [0.1, 0.15) is 12.4 Å². The van der Waals surface area contributed by atoms with E-state index in [1.54, 1.807) is 7.11 Å². The molecule has 134 valence electrons. The lowest BCUT2D eigenvalue weighted by Gasteiger charge is -2.10. The number of carboxylic acids is 1. The van der Waals surface area contributed by atoms with E-state index in [9.17, 15) is 4.79 Å². The Kier molecular flexibility index (Phi) is 5.92. The second kappa shape index (κ2) is 8.54. The molecule has 0 aliphatic rings. The summed E-state index contributed by atoms with van der Waals surface area (Å²) in [6.07, 6.45) is 0.674. The van der Waals surface area contributed by atoms with Crippen molar-refractivity contribution < 1.29 is 19.4 Å². The van der Waals surface area contributed by atoms with Gasteiger partial charge < -0.3 is 14.6 Å². The average molecular weight is 368 g/mol. The van der Waals surface area contributed by atoms with Crippen molar-refractivity contribution in [3.8, 4) is 21.9 Å². The number of carbonyl (C=O) groups is 1. The Morgan fingerprint density at radius 1 is 1.08 bits per heavy atom. The Bertz CT molecular complexity index is 885. The smallest absolute Gasteiger partial charge is 0.303 e. The summed E-state index contributed by atoms with van der Waals surface area (Å²) in [5, 5.41) is 9.55. The van der Waals surface area contributed by atoms with Gasteiger partial charge in [-0.3, -0.25) is 4.79 Å². The lowest BCUT2D eigenvalue weighted by Crippen LogP contribution is -1.95. The summed E-state index contributed by atoms with van der Waals surface area (Å²) >= 11 is 1.50. The van der Waals surface area contributed by atoms with Crippen LogP contribution in [0.25, 0.3) is 11.1 Å². The standard InChI is InChI=1S/C21H20O4S/c1-24-19-8-3-2-7-18(19)16-6-4-5-15(13-16)14-25-21-12-10-17(26-21)9-11-20(22)23/h2-8,10,12-13H,9,11,14H2,1H3,(H,22,23). The fourth-order valence-corrected chi connectivity index (χ4v) is 3.52. The molecule has 0 spiro atoms. The second-order valence-corrected chi connectivity index (χ2v) is 6.93. The van der Waals surface area contributed by atoms with Crippen LogP contribution in [0, 0.1) is 0 Å². The highest BCUT2D eigenvalue weighted by Crippen LogP contribution is 2.31. The van der Waals surface area contributed by atoms with E-state index >= 15 is 0 Å². The number of ether oxygens (including phenoxy) is 2. The zero-order valence-electron chi connectivity index (χ0n) is 14.5. The van der Waals surface area contributed by atoms with Gasteiger partial charge in [-0.1, -0.05) is 36.4 Å². The first kappa shape index (κ1) is 18.0. The van der Waals surface area contributed by atoms with Crippen molar-refractivity contribution in [1.29, 1.82) is 0 Å². The van der Waals surface area contributed by atoms with Crippen molar-refractivity contribution in [1.82, 2.24) is 0 Å². The van der Waals surface area contributed by atoms with Gasteiger partial charge in [0.15, 0.2) is 5.06 Å². The van der Waals surface area contributed by atoms with Crippen LogP contribution in [0.4, 0.5) is 0 Å². The van der Waals surface area contributed by atoms with Crippen LogP contribution in [0.3, 0.4) is 0 Å². The maximum atomic E-state index is 10.6. The van der Waals surface area contributed by atoms with Gasteiger partial charge in [0.25, 0.3) is 0 Å². The summed E-state index contributed by atoms with van der Waals surface area (Å²) in [7, 11) is 1.67. The van der Waals surface area contributed by atoms with Crippen molar-refractivity contribution in [3.63, 3.8) is 0 Å². The van der Waals surface area contributed by atoms with Crippen LogP contribution in [0.2, 0.25) is 0 Å². The maximum Gasteiger partial charge on any atom is 0.303 e. The first-order chi connectivity index (χ1) is 12.7. The topological polar surface area (TPSA) is 55.8 Å². The normalized spacial score (nSPS) is 10.5. The van der Waals surface area contributed by atoms with Crippen LogP contribution in [0.1, 0.15) is 16.9 Å². The highest BCUT2D eigenvalue weighted by molar-refractivity contribution is 7.13. The number of para-hydroxylation sites is 1. The molecule has 0 saturated carbocycles. The Hall–Kier alpha value is -2.79. The van der Waals surface area contributed by atoms with E-state index in [1.807, 2.05) is 48.5 Å². The molecule has 0 amide bonds. The quantitative estimate of drug-likeness (QED) is 0.606. The summed E-state index contributed by atoms with van der Waals surface area (Å²) in [4.78, 5) is 11.7. The minimum Gasteiger partial charge on any atom is -0.496 e. The van der Waals surface area contributed by atoms with E-state index in [2.05, 4.69) is 12.1 Å². The van der Waals surface area contributed by atoms with Crippen molar-refractivity contribution in [2.24, 2.45) is 0 Å². The minimum atomic E-state index is -0.783. The van der Waals surface area contributed by atoms with E-state index < -0.39 is 5.97 Å². The Morgan fingerprint density at radius 2 is 1.92 bits per heavy atom. The predicted molar refractivity (Wildman–Crippen MR) is 103 cm³/mol. The summed E-state index contributed by atoms with van der Waals surface area (Å²) in [6.45, 7) is 0.460. The summed E-state index contributed by atoms with van der Waals surface area (Å²) in [6, 6.07) is 19.9. The van der Waals surface area contributed by atoms with Gasteiger partial charge in [0.05, 0.1) is 13.5 Å². The van der Waals surface area contributed by atoms with Crippen LogP contribution < -0.4 is 9.47 Å². The Labute approximate surface area is 156 Å². The number of rotatable bonds is 8. The first-order valence-electron chi connectivity index (χ1n) is 8.31. The highest BCUT2D eigenvalue weighted by Gasteiger charge is 2.07. The number of benzene rings is 2. The number of carboxylic acid groups (broad SMARTS) is 1. The van der Waals surface area contributed by atoms with E-state index in [0.717, 1.165) is 32.4 Å². The molecule has 3 rings (SSSR count). The van der Waals surface area contributed by atoms with Crippen molar-refractivity contribution in [3.05, 3.63) is 71.1 Å². The number of hydrogen-bond acceptors (Lipinski definition) is 4. The SMILES string of the molecule is COc1ccccc1-c1cccc(COc2ccc(CCC(=O)O)s2)c1. The molecule has 5 heteroatoms. The third-order valence-electron chi connectivity index (χ3n) is 3.95. The zero-order valence-corrected chi connectivity index (χ0v) is 15.3. The predicted octanol–water partition coefficient (Wildman–Crippen LogP) is 5.02. The first-order valence-corrected chi connectivity index (χ1v) is 9.13. The third kappa shape index (κ3) is 4.64. The summed E-state index contributed by atoms with van der Waals surface area (Å²) < 4.78 is 11.3. The largest absolute Gasteiger partial charge is 0.496 e. The van der Waals surface area contributed by atoms with Gasteiger partial charge in [-0.15, -0.1) is 11.3 Å². The lowest BCUT2D eigenvalue weighted by molar-refractivity contribution is -0.136.